The third-order valence-corrected chi connectivity index (χ3v) is 3.62. The molecular formula is C16H22N4O3. The summed E-state index contributed by atoms with van der Waals surface area (Å²) in [7, 11) is 3.05. The van der Waals surface area contributed by atoms with E-state index in [1.165, 1.54) is 20.5 Å². The third kappa shape index (κ3) is 3.44. The Morgan fingerprint density at radius 2 is 2.09 bits per heavy atom. The normalized spacial score (nSPS) is 11.8. The molecule has 0 spiro atoms. The number of hydrogen-bond acceptors (Lipinski definition) is 5. The van der Waals surface area contributed by atoms with Crippen molar-refractivity contribution in [3.8, 4) is 11.5 Å². The summed E-state index contributed by atoms with van der Waals surface area (Å²) in [5.74, 6) is 1.44. The molecule has 2 rings (SSSR count). The van der Waals surface area contributed by atoms with Crippen LogP contribution in [0.15, 0.2) is 24.5 Å². The van der Waals surface area contributed by atoms with Crippen LogP contribution in [0.1, 0.15) is 42.5 Å². The van der Waals surface area contributed by atoms with Crippen LogP contribution in [0, 0.1) is 0 Å². The molecule has 1 N–H and O–H groups in total. The van der Waals surface area contributed by atoms with E-state index in [9.17, 15) is 4.79 Å². The summed E-state index contributed by atoms with van der Waals surface area (Å²) in [6.07, 6.45) is 2.20. The second-order valence-electron chi connectivity index (χ2n) is 4.91. The van der Waals surface area contributed by atoms with Crippen molar-refractivity contribution in [3.63, 3.8) is 0 Å². The standard InChI is InChI=1S/C16H22N4O3/c1-5-12(15-17-10-18-20(15)6-2)19-16(21)11-8-7-9-13(22-3)14(11)23-4/h7-10,12H,5-6H2,1-4H3,(H,19,21). The summed E-state index contributed by atoms with van der Waals surface area (Å²) in [4.78, 5) is 16.9. The van der Waals surface area contributed by atoms with E-state index in [4.69, 9.17) is 9.47 Å². The lowest BCUT2D eigenvalue weighted by Gasteiger charge is -2.18. The number of rotatable bonds is 7. The Balaban J connectivity index is 2.27. The first kappa shape index (κ1) is 16.8. The van der Waals surface area contributed by atoms with Crippen LogP contribution in [-0.2, 0) is 6.54 Å². The van der Waals surface area contributed by atoms with Gasteiger partial charge in [0.05, 0.1) is 25.8 Å². The molecule has 124 valence electrons. The average molecular weight is 318 g/mol. The molecule has 1 atom stereocenters. The van der Waals surface area contributed by atoms with Gasteiger partial charge in [-0.15, -0.1) is 0 Å². The summed E-state index contributed by atoms with van der Waals surface area (Å²) in [6, 6.07) is 4.99. The minimum atomic E-state index is -0.238. The highest BCUT2D eigenvalue weighted by Crippen LogP contribution is 2.31. The molecule has 0 aliphatic heterocycles. The highest BCUT2D eigenvalue weighted by atomic mass is 16.5. The number of para-hydroxylation sites is 1. The second-order valence-corrected chi connectivity index (χ2v) is 4.91. The molecule has 0 aliphatic carbocycles. The third-order valence-electron chi connectivity index (χ3n) is 3.62. The molecule has 0 saturated carbocycles. The maximum absolute atomic E-state index is 12.7. The van der Waals surface area contributed by atoms with Crippen molar-refractivity contribution in [2.45, 2.75) is 32.9 Å². The lowest BCUT2D eigenvalue weighted by molar-refractivity contribution is 0.0929. The SMILES string of the molecule is CCC(NC(=O)c1cccc(OC)c1OC)c1ncnn1CC. The van der Waals surface area contributed by atoms with E-state index in [1.54, 1.807) is 22.9 Å². The first-order valence-corrected chi connectivity index (χ1v) is 7.55. The fraction of sp³-hybridized carbons (Fsp3) is 0.438. The summed E-state index contributed by atoms with van der Waals surface area (Å²) in [6.45, 7) is 4.67. The molecule has 0 aliphatic rings. The Bertz CT molecular complexity index is 669. The van der Waals surface area contributed by atoms with Gasteiger partial charge in [-0.1, -0.05) is 13.0 Å². The Morgan fingerprint density at radius 1 is 1.30 bits per heavy atom. The molecule has 0 fully saturated rings. The van der Waals surface area contributed by atoms with E-state index in [1.807, 2.05) is 13.8 Å². The van der Waals surface area contributed by atoms with Gasteiger partial charge in [-0.25, -0.2) is 9.67 Å². The smallest absolute Gasteiger partial charge is 0.255 e. The van der Waals surface area contributed by atoms with E-state index < -0.39 is 0 Å². The van der Waals surface area contributed by atoms with E-state index in [2.05, 4.69) is 15.4 Å². The van der Waals surface area contributed by atoms with Gasteiger partial charge >= 0.3 is 0 Å². The number of carbonyl (C=O) groups excluding carboxylic acids is 1. The van der Waals surface area contributed by atoms with Gasteiger partial charge in [0.15, 0.2) is 11.5 Å². The molecule has 1 amide bonds. The number of nitrogens with one attached hydrogen (secondary N) is 1. The van der Waals surface area contributed by atoms with Crippen LogP contribution < -0.4 is 14.8 Å². The first-order chi connectivity index (χ1) is 11.2. The number of hydrogen-bond donors (Lipinski definition) is 1. The largest absolute Gasteiger partial charge is 0.493 e. The maximum Gasteiger partial charge on any atom is 0.255 e. The van der Waals surface area contributed by atoms with E-state index >= 15 is 0 Å². The number of aryl methyl sites for hydroxylation is 1. The van der Waals surface area contributed by atoms with Gasteiger partial charge < -0.3 is 14.8 Å². The molecular weight excluding hydrogens is 296 g/mol. The quantitative estimate of drug-likeness (QED) is 0.846. The van der Waals surface area contributed by atoms with Crippen LogP contribution >= 0.6 is 0 Å². The number of amides is 1. The molecule has 0 bridgehead atoms. The van der Waals surface area contributed by atoms with Crippen molar-refractivity contribution in [3.05, 3.63) is 35.9 Å². The van der Waals surface area contributed by atoms with Crippen molar-refractivity contribution in [2.75, 3.05) is 14.2 Å². The molecule has 0 radical (unpaired) electrons. The molecule has 1 aromatic heterocycles. The van der Waals surface area contributed by atoms with Gasteiger partial charge in [-0.3, -0.25) is 4.79 Å². The van der Waals surface area contributed by atoms with Crippen LogP contribution in [0.3, 0.4) is 0 Å². The zero-order valence-corrected chi connectivity index (χ0v) is 13.9. The minimum absolute atomic E-state index is 0.221. The molecule has 23 heavy (non-hydrogen) atoms. The van der Waals surface area contributed by atoms with Crippen molar-refractivity contribution >= 4 is 5.91 Å². The molecule has 1 unspecified atom stereocenters. The topological polar surface area (TPSA) is 78.3 Å². The van der Waals surface area contributed by atoms with Gasteiger partial charge in [0.1, 0.15) is 12.2 Å². The molecule has 7 heteroatoms. The summed E-state index contributed by atoms with van der Waals surface area (Å²) in [5, 5.41) is 7.14. The zero-order chi connectivity index (χ0) is 16.8. The average Bonchev–Trinajstić information content (AvgIpc) is 3.06. The molecule has 7 nitrogen and oxygen atoms in total. The summed E-state index contributed by atoms with van der Waals surface area (Å²) < 4.78 is 12.3. The van der Waals surface area contributed by atoms with Crippen molar-refractivity contribution in [1.82, 2.24) is 20.1 Å². The van der Waals surface area contributed by atoms with Crippen LogP contribution in [-0.4, -0.2) is 34.9 Å². The van der Waals surface area contributed by atoms with Crippen LogP contribution in [0.25, 0.3) is 0 Å². The lowest BCUT2D eigenvalue weighted by atomic mass is 10.1. The number of ether oxygens (including phenoxy) is 2. The van der Waals surface area contributed by atoms with Gasteiger partial charge in [-0.05, 0) is 25.5 Å². The molecule has 1 heterocycles. The van der Waals surface area contributed by atoms with Gasteiger partial charge in [0.2, 0.25) is 0 Å². The Hall–Kier alpha value is -2.57. The molecule has 0 saturated heterocycles. The number of benzene rings is 1. The monoisotopic (exact) mass is 318 g/mol. The predicted octanol–water partition coefficient (Wildman–Crippen LogP) is 2.20. The Kier molecular flexibility index (Phi) is 5.56. The Labute approximate surface area is 135 Å². The van der Waals surface area contributed by atoms with Crippen molar-refractivity contribution in [1.29, 1.82) is 0 Å². The van der Waals surface area contributed by atoms with Crippen LogP contribution in [0.5, 0.6) is 11.5 Å². The van der Waals surface area contributed by atoms with Gasteiger partial charge in [0, 0.05) is 6.54 Å². The number of methoxy groups -OCH3 is 2. The minimum Gasteiger partial charge on any atom is -0.493 e. The number of nitrogens with zero attached hydrogens (tertiary/aromatic N) is 3. The van der Waals surface area contributed by atoms with E-state index in [0.29, 0.717) is 30.0 Å². The Morgan fingerprint density at radius 3 is 2.70 bits per heavy atom. The maximum atomic E-state index is 12.7. The highest BCUT2D eigenvalue weighted by Gasteiger charge is 2.22. The van der Waals surface area contributed by atoms with Gasteiger partial charge in [-0.2, -0.15) is 5.10 Å². The molecule has 2 aromatic rings. The van der Waals surface area contributed by atoms with Crippen LogP contribution in [0.2, 0.25) is 0 Å². The zero-order valence-electron chi connectivity index (χ0n) is 13.9. The number of aromatic nitrogens is 3. The van der Waals surface area contributed by atoms with Crippen LogP contribution in [0.4, 0.5) is 0 Å². The first-order valence-electron chi connectivity index (χ1n) is 7.55. The second kappa shape index (κ2) is 7.62. The lowest BCUT2D eigenvalue weighted by Crippen LogP contribution is -2.30. The fourth-order valence-corrected chi connectivity index (χ4v) is 2.44. The summed E-state index contributed by atoms with van der Waals surface area (Å²) in [5.41, 5.74) is 0.424. The van der Waals surface area contributed by atoms with Crippen molar-refractivity contribution < 1.29 is 14.3 Å². The predicted molar refractivity (Wildman–Crippen MR) is 85.7 cm³/mol. The number of carbonyl (C=O) groups is 1. The van der Waals surface area contributed by atoms with Gasteiger partial charge in [0.25, 0.3) is 5.91 Å². The van der Waals surface area contributed by atoms with Crippen molar-refractivity contribution in [2.24, 2.45) is 0 Å². The highest BCUT2D eigenvalue weighted by molar-refractivity contribution is 5.98. The van der Waals surface area contributed by atoms with E-state index in [0.717, 1.165) is 5.82 Å². The van der Waals surface area contributed by atoms with E-state index in [-0.39, 0.29) is 11.9 Å². The summed E-state index contributed by atoms with van der Waals surface area (Å²) >= 11 is 0. The molecule has 1 aromatic carbocycles. The fourth-order valence-electron chi connectivity index (χ4n) is 2.44.